The summed E-state index contributed by atoms with van der Waals surface area (Å²) in [5.74, 6) is -1.03. The fraction of sp³-hybridized carbons (Fsp3) is 0.800. The highest BCUT2D eigenvalue weighted by atomic mass is 79.9. The first-order chi connectivity index (χ1) is 7.20. The standard InChI is InChI=1S/C10H17BrO4/c1-2-14-9(12)8-10(13)15-7-5-3-4-6-11/h2-8H2,1H3. The van der Waals surface area contributed by atoms with E-state index in [2.05, 4.69) is 20.7 Å². The summed E-state index contributed by atoms with van der Waals surface area (Å²) in [6.07, 6.45) is 2.62. The number of carbonyl (C=O) groups is 2. The van der Waals surface area contributed by atoms with Crippen LogP contribution in [0.25, 0.3) is 0 Å². The van der Waals surface area contributed by atoms with Crippen LogP contribution in [0.1, 0.15) is 32.6 Å². The van der Waals surface area contributed by atoms with Gasteiger partial charge < -0.3 is 9.47 Å². The molecule has 0 heterocycles. The fourth-order valence-electron chi connectivity index (χ4n) is 0.940. The van der Waals surface area contributed by atoms with Crippen LogP contribution in [0.5, 0.6) is 0 Å². The largest absolute Gasteiger partial charge is 0.466 e. The van der Waals surface area contributed by atoms with Gasteiger partial charge in [-0.25, -0.2) is 0 Å². The molecular formula is C10H17BrO4. The van der Waals surface area contributed by atoms with Crippen molar-refractivity contribution in [3.05, 3.63) is 0 Å². The van der Waals surface area contributed by atoms with Crippen LogP contribution in [0.4, 0.5) is 0 Å². The second-order valence-corrected chi connectivity index (χ2v) is 3.74. The maximum atomic E-state index is 11.0. The van der Waals surface area contributed by atoms with Gasteiger partial charge >= 0.3 is 11.9 Å². The Morgan fingerprint density at radius 3 is 2.33 bits per heavy atom. The van der Waals surface area contributed by atoms with Crippen LogP contribution in [0, 0.1) is 0 Å². The van der Waals surface area contributed by atoms with Crippen molar-refractivity contribution < 1.29 is 19.1 Å². The van der Waals surface area contributed by atoms with Crippen molar-refractivity contribution in [1.82, 2.24) is 0 Å². The molecule has 0 amide bonds. The summed E-state index contributed by atoms with van der Waals surface area (Å²) >= 11 is 3.31. The summed E-state index contributed by atoms with van der Waals surface area (Å²) < 4.78 is 9.46. The Balaban J connectivity index is 3.37. The summed E-state index contributed by atoms with van der Waals surface area (Å²) in [6, 6.07) is 0. The number of hydrogen-bond acceptors (Lipinski definition) is 4. The first-order valence-electron chi connectivity index (χ1n) is 5.08. The minimum absolute atomic E-state index is 0.285. The van der Waals surface area contributed by atoms with Crippen molar-refractivity contribution in [2.45, 2.75) is 32.6 Å². The maximum absolute atomic E-state index is 11.0. The molecule has 0 unspecified atom stereocenters. The van der Waals surface area contributed by atoms with Crippen LogP contribution in [0.2, 0.25) is 0 Å². The van der Waals surface area contributed by atoms with Crippen LogP contribution in [0.15, 0.2) is 0 Å². The number of ether oxygens (including phenoxy) is 2. The first kappa shape index (κ1) is 14.4. The van der Waals surface area contributed by atoms with Gasteiger partial charge in [0.15, 0.2) is 0 Å². The molecule has 0 aromatic heterocycles. The summed E-state index contributed by atoms with van der Waals surface area (Å²) in [7, 11) is 0. The quantitative estimate of drug-likeness (QED) is 0.296. The van der Waals surface area contributed by atoms with Crippen molar-refractivity contribution in [3.63, 3.8) is 0 Å². The van der Waals surface area contributed by atoms with Crippen molar-refractivity contribution in [2.75, 3.05) is 18.5 Å². The Bertz CT molecular complexity index is 194. The molecule has 15 heavy (non-hydrogen) atoms. The Hall–Kier alpha value is -0.580. The van der Waals surface area contributed by atoms with E-state index in [1.807, 2.05) is 0 Å². The Kier molecular flexibility index (Phi) is 9.57. The molecule has 0 aromatic rings. The van der Waals surface area contributed by atoms with Crippen LogP contribution in [-0.2, 0) is 19.1 Å². The molecule has 0 spiro atoms. The van der Waals surface area contributed by atoms with Gasteiger partial charge in [-0.1, -0.05) is 15.9 Å². The van der Waals surface area contributed by atoms with E-state index in [4.69, 9.17) is 4.74 Å². The zero-order chi connectivity index (χ0) is 11.5. The molecule has 0 aromatic carbocycles. The van der Waals surface area contributed by atoms with Crippen molar-refractivity contribution in [3.8, 4) is 0 Å². The molecule has 0 saturated carbocycles. The van der Waals surface area contributed by atoms with Crippen LogP contribution in [-0.4, -0.2) is 30.5 Å². The highest BCUT2D eigenvalue weighted by molar-refractivity contribution is 9.09. The molecule has 4 nitrogen and oxygen atoms in total. The zero-order valence-corrected chi connectivity index (χ0v) is 10.5. The molecule has 0 aliphatic carbocycles. The molecule has 0 aliphatic heterocycles. The lowest BCUT2D eigenvalue weighted by Crippen LogP contribution is -2.14. The Morgan fingerprint density at radius 1 is 1.07 bits per heavy atom. The number of esters is 2. The van der Waals surface area contributed by atoms with E-state index < -0.39 is 11.9 Å². The lowest BCUT2D eigenvalue weighted by molar-refractivity contribution is -0.154. The number of unbranched alkanes of at least 4 members (excludes halogenated alkanes) is 2. The van der Waals surface area contributed by atoms with E-state index in [9.17, 15) is 9.59 Å². The van der Waals surface area contributed by atoms with Gasteiger partial charge in [-0.3, -0.25) is 9.59 Å². The average molecular weight is 281 g/mol. The average Bonchev–Trinajstić information content (AvgIpc) is 2.17. The van der Waals surface area contributed by atoms with Crippen LogP contribution >= 0.6 is 15.9 Å². The highest BCUT2D eigenvalue weighted by Crippen LogP contribution is 1.99. The normalized spacial score (nSPS) is 9.73. The third kappa shape index (κ3) is 9.72. The van der Waals surface area contributed by atoms with E-state index in [1.54, 1.807) is 6.92 Å². The second kappa shape index (κ2) is 9.96. The van der Waals surface area contributed by atoms with E-state index in [-0.39, 0.29) is 13.0 Å². The van der Waals surface area contributed by atoms with Gasteiger partial charge in [-0.05, 0) is 26.2 Å². The zero-order valence-electron chi connectivity index (χ0n) is 8.96. The van der Waals surface area contributed by atoms with Gasteiger partial charge in [-0.15, -0.1) is 0 Å². The van der Waals surface area contributed by atoms with Crippen molar-refractivity contribution in [1.29, 1.82) is 0 Å². The maximum Gasteiger partial charge on any atom is 0.317 e. The molecule has 0 fully saturated rings. The summed E-state index contributed by atoms with van der Waals surface area (Å²) in [5, 5.41) is 0.962. The second-order valence-electron chi connectivity index (χ2n) is 2.95. The number of halogens is 1. The Labute approximate surface area is 98.4 Å². The lowest BCUT2D eigenvalue weighted by Gasteiger charge is -2.04. The topological polar surface area (TPSA) is 52.6 Å². The molecule has 88 valence electrons. The van der Waals surface area contributed by atoms with E-state index in [1.165, 1.54) is 0 Å². The summed E-state index contributed by atoms with van der Waals surface area (Å²) in [4.78, 5) is 21.9. The van der Waals surface area contributed by atoms with Crippen molar-refractivity contribution >= 4 is 27.9 Å². The number of rotatable bonds is 8. The highest BCUT2D eigenvalue weighted by Gasteiger charge is 2.10. The summed E-state index contributed by atoms with van der Waals surface area (Å²) in [5.41, 5.74) is 0. The smallest absolute Gasteiger partial charge is 0.317 e. The van der Waals surface area contributed by atoms with Gasteiger partial charge in [0.25, 0.3) is 0 Å². The van der Waals surface area contributed by atoms with Gasteiger partial charge in [-0.2, -0.15) is 0 Å². The Morgan fingerprint density at radius 2 is 1.73 bits per heavy atom. The molecule has 0 N–H and O–H groups in total. The molecule has 0 radical (unpaired) electrons. The van der Waals surface area contributed by atoms with E-state index in [0.717, 1.165) is 24.6 Å². The van der Waals surface area contributed by atoms with E-state index >= 15 is 0 Å². The molecular weight excluding hydrogens is 264 g/mol. The lowest BCUT2D eigenvalue weighted by atomic mass is 10.3. The predicted octanol–water partition coefficient (Wildman–Crippen LogP) is 2.05. The van der Waals surface area contributed by atoms with Gasteiger partial charge in [0.05, 0.1) is 13.2 Å². The van der Waals surface area contributed by atoms with Crippen LogP contribution < -0.4 is 0 Å². The molecule has 0 rings (SSSR count). The van der Waals surface area contributed by atoms with Gasteiger partial charge in [0.2, 0.25) is 0 Å². The predicted molar refractivity (Wildman–Crippen MR) is 59.9 cm³/mol. The van der Waals surface area contributed by atoms with Crippen molar-refractivity contribution in [2.24, 2.45) is 0 Å². The SMILES string of the molecule is CCOC(=O)CC(=O)OCCCCCBr. The van der Waals surface area contributed by atoms with Gasteiger partial charge in [0, 0.05) is 5.33 Å². The van der Waals surface area contributed by atoms with Crippen LogP contribution in [0.3, 0.4) is 0 Å². The molecule has 0 atom stereocenters. The summed E-state index contributed by atoms with van der Waals surface area (Å²) in [6.45, 7) is 2.37. The molecule has 5 heteroatoms. The number of alkyl halides is 1. The third-order valence-electron chi connectivity index (χ3n) is 1.64. The number of hydrogen-bond donors (Lipinski definition) is 0. The first-order valence-corrected chi connectivity index (χ1v) is 6.20. The van der Waals surface area contributed by atoms with E-state index in [0.29, 0.717) is 6.61 Å². The fourth-order valence-corrected chi connectivity index (χ4v) is 1.34. The monoisotopic (exact) mass is 280 g/mol. The molecule has 0 aliphatic rings. The minimum atomic E-state index is -0.525. The molecule has 0 bridgehead atoms. The number of carbonyl (C=O) groups excluding carboxylic acids is 2. The third-order valence-corrected chi connectivity index (χ3v) is 2.20. The van der Waals surface area contributed by atoms with Gasteiger partial charge in [0.1, 0.15) is 6.42 Å². The molecule has 0 saturated heterocycles. The minimum Gasteiger partial charge on any atom is -0.466 e.